The van der Waals surface area contributed by atoms with E-state index in [4.69, 9.17) is 0 Å². The second-order valence-corrected chi connectivity index (χ2v) is 10.9. The number of β-amino-alcohol motifs (C(OH)–C–C–N with tert-alkyl or cyclic N) is 1. The number of anilines is 1. The minimum Gasteiger partial charge on any atom is -0.391 e. The van der Waals surface area contributed by atoms with Crippen LogP contribution in [0, 0.1) is 11.3 Å². The number of aliphatic hydroxyl groups is 1. The van der Waals surface area contributed by atoms with E-state index in [0.29, 0.717) is 48.8 Å². The summed E-state index contributed by atoms with van der Waals surface area (Å²) in [6.45, 7) is 16.4. The molecule has 0 aliphatic carbocycles. The molecule has 1 aromatic rings. The summed E-state index contributed by atoms with van der Waals surface area (Å²) in [5, 5.41) is 10.8. The molecule has 29 heavy (non-hydrogen) atoms. The molecule has 3 rings (SSSR count). The Morgan fingerprint density at radius 2 is 2.00 bits per heavy atom. The molecule has 0 aromatic carbocycles. The van der Waals surface area contributed by atoms with E-state index in [1.165, 1.54) is 0 Å². The number of hydrogen-bond acceptors (Lipinski definition) is 5. The standard InChI is InChI=1S/C22H33N3O3S/c1-13(2)11-25-14(3)23(7)19(27)18-17(20(28)24-9-8-15(26)12-24)16(29-21(18)25)10-22(4,5)6/h13,15,26H,3,8-12H2,1-2,4-7H3. The van der Waals surface area contributed by atoms with Crippen molar-refractivity contribution in [2.45, 2.75) is 53.6 Å². The van der Waals surface area contributed by atoms with Crippen LogP contribution in [0.25, 0.3) is 0 Å². The van der Waals surface area contributed by atoms with Gasteiger partial charge in [-0.15, -0.1) is 11.3 Å². The van der Waals surface area contributed by atoms with Crippen molar-refractivity contribution in [2.24, 2.45) is 11.3 Å². The summed E-state index contributed by atoms with van der Waals surface area (Å²) in [6, 6.07) is 0. The number of thiophene rings is 1. The highest BCUT2D eigenvalue weighted by molar-refractivity contribution is 7.17. The first-order valence-electron chi connectivity index (χ1n) is 10.3. The topological polar surface area (TPSA) is 64.1 Å². The molecule has 0 spiro atoms. The van der Waals surface area contributed by atoms with Gasteiger partial charge in [-0.05, 0) is 24.2 Å². The predicted molar refractivity (Wildman–Crippen MR) is 117 cm³/mol. The molecular weight excluding hydrogens is 386 g/mol. The summed E-state index contributed by atoms with van der Waals surface area (Å²) in [5.41, 5.74) is 0.991. The first kappa shape index (κ1) is 21.8. The molecule has 1 saturated heterocycles. The van der Waals surface area contributed by atoms with Crippen molar-refractivity contribution in [3.63, 3.8) is 0 Å². The van der Waals surface area contributed by atoms with E-state index < -0.39 is 6.10 Å². The monoisotopic (exact) mass is 419 g/mol. The predicted octanol–water partition coefficient (Wildman–Crippen LogP) is 3.56. The Kier molecular flexibility index (Phi) is 5.84. The maximum absolute atomic E-state index is 13.5. The van der Waals surface area contributed by atoms with Gasteiger partial charge in [-0.25, -0.2) is 0 Å². The van der Waals surface area contributed by atoms with Gasteiger partial charge in [-0.2, -0.15) is 0 Å². The lowest BCUT2D eigenvalue weighted by Gasteiger charge is -2.37. The number of likely N-dealkylation sites (tertiary alicyclic amines) is 1. The van der Waals surface area contributed by atoms with Gasteiger partial charge >= 0.3 is 0 Å². The SMILES string of the molecule is C=C1N(C)C(=O)c2c(sc(CC(C)(C)C)c2C(=O)N2CCC(O)C2)N1CC(C)C. The summed E-state index contributed by atoms with van der Waals surface area (Å²) in [7, 11) is 1.72. The third-order valence-corrected chi connectivity index (χ3v) is 6.54. The van der Waals surface area contributed by atoms with E-state index in [1.54, 1.807) is 28.2 Å². The molecule has 1 aromatic heterocycles. The Morgan fingerprint density at radius 1 is 1.34 bits per heavy atom. The second-order valence-electron chi connectivity index (χ2n) is 9.80. The van der Waals surface area contributed by atoms with Gasteiger partial charge < -0.3 is 14.9 Å². The zero-order valence-electron chi connectivity index (χ0n) is 18.4. The van der Waals surface area contributed by atoms with Crippen molar-refractivity contribution < 1.29 is 14.7 Å². The summed E-state index contributed by atoms with van der Waals surface area (Å²) >= 11 is 1.54. The van der Waals surface area contributed by atoms with Gasteiger partial charge in [-0.3, -0.25) is 14.5 Å². The van der Waals surface area contributed by atoms with Gasteiger partial charge in [0.15, 0.2) is 0 Å². The fourth-order valence-corrected chi connectivity index (χ4v) is 5.52. The summed E-state index contributed by atoms with van der Waals surface area (Å²) in [4.78, 5) is 33.0. The largest absolute Gasteiger partial charge is 0.391 e. The van der Waals surface area contributed by atoms with Crippen LogP contribution in [0.15, 0.2) is 12.4 Å². The van der Waals surface area contributed by atoms with Crippen LogP contribution in [-0.4, -0.2) is 59.5 Å². The summed E-state index contributed by atoms with van der Waals surface area (Å²) in [6.07, 6.45) is 0.799. The fraction of sp³-hybridized carbons (Fsp3) is 0.636. The minimum atomic E-state index is -0.491. The van der Waals surface area contributed by atoms with E-state index in [2.05, 4.69) is 46.1 Å². The molecule has 0 bridgehead atoms. The molecule has 3 heterocycles. The minimum absolute atomic E-state index is 0.0260. The Morgan fingerprint density at radius 3 is 2.52 bits per heavy atom. The summed E-state index contributed by atoms with van der Waals surface area (Å²) < 4.78 is 0. The zero-order valence-corrected chi connectivity index (χ0v) is 19.2. The Balaban J connectivity index is 2.17. The lowest BCUT2D eigenvalue weighted by Crippen LogP contribution is -2.43. The van der Waals surface area contributed by atoms with Crippen LogP contribution in [0.5, 0.6) is 0 Å². The van der Waals surface area contributed by atoms with Crippen LogP contribution in [0.4, 0.5) is 5.00 Å². The van der Waals surface area contributed by atoms with Gasteiger partial charge in [0, 0.05) is 31.6 Å². The van der Waals surface area contributed by atoms with Crippen LogP contribution in [0.1, 0.15) is 66.6 Å². The molecule has 2 aliphatic heterocycles. The molecule has 1 unspecified atom stereocenters. The molecule has 0 saturated carbocycles. The van der Waals surface area contributed by atoms with Crippen molar-refractivity contribution >= 4 is 28.2 Å². The average molecular weight is 420 g/mol. The number of carbonyl (C=O) groups excluding carboxylic acids is 2. The number of hydrogen-bond donors (Lipinski definition) is 1. The maximum Gasteiger partial charge on any atom is 0.262 e. The molecule has 2 amide bonds. The molecule has 6 nitrogen and oxygen atoms in total. The van der Waals surface area contributed by atoms with Crippen molar-refractivity contribution in [3.8, 4) is 0 Å². The van der Waals surface area contributed by atoms with Gasteiger partial charge in [0.05, 0.1) is 17.2 Å². The third-order valence-electron chi connectivity index (χ3n) is 5.33. The van der Waals surface area contributed by atoms with Crippen LogP contribution < -0.4 is 4.90 Å². The van der Waals surface area contributed by atoms with E-state index in [-0.39, 0.29) is 17.2 Å². The molecule has 1 atom stereocenters. The Hall–Kier alpha value is -1.86. The highest BCUT2D eigenvalue weighted by atomic mass is 32.1. The number of nitrogens with zero attached hydrogens (tertiary/aromatic N) is 3. The first-order chi connectivity index (χ1) is 13.4. The van der Waals surface area contributed by atoms with Crippen molar-refractivity contribution in [2.75, 3.05) is 31.6 Å². The van der Waals surface area contributed by atoms with Crippen LogP contribution in [0.2, 0.25) is 0 Å². The van der Waals surface area contributed by atoms with Gasteiger partial charge in [-0.1, -0.05) is 41.2 Å². The smallest absolute Gasteiger partial charge is 0.262 e. The van der Waals surface area contributed by atoms with Crippen LogP contribution >= 0.6 is 11.3 Å². The summed E-state index contributed by atoms with van der Waals surface area (Å²) in [5.74, 6) is 0.708. The molecule has 1 fully saturated rings. The quantitative estimate of drug-likeness (QED) is 0.810. The third kappa shape index (κ3) is 4.21. The molecule has 2 aliphatic rings. The van der Waals surface area contributed by atoms with E-state index >= 15 is 0 Å². The molecule has 7 heteroatoms. The zero-order chi connectivity index (χ0) is 21.7. The molecule has 0 radical (unpaired) electrons. The fourth-order valence-electron chi connectivity index (χ4n) is 3.91. The highest BCUT2D eigenvalue weighted by Crippen LogP contribution is 2.45. The van der Waals surface area contributed by atoms with Gasteiger partial charge in [0.2, 0.25) is 0 Å². The first-order valence-corrected chi connectivity index (χ1v) is 11.1. The van der Waals surface area contributed by atoms with Gasteiger partial charge in [0.1, 0.15) is 10.8 Å². The number of aliphatic hydroxyl groups excluding tert-OH is 1. The Bertz CT molecular complexity index is 837. The van der Waals surface area contributed by atoms with E-state index in [1.807, 2.05) is 0 Å². The van der Waals surface area contributed by atoms with Gasteiger partial charge in [0.25, 0.3) is 11.8 Å². The van der Waals surface area contributed by atoms with E-state index in [9.17, 15) is 14.7 Å². The number of amides is 2. The number of carbonyl (C=O) groups is 2. The van der Waals surface area contributed by atoms with Crippen LogP contribution in [0.3, 0.4) is 0 Å². The maximum atomic E-state index is 13.5. The highest BCUT2D eigenvalue weighted by Gasteiger charge is 2.40. The van der Waals surface area contributed by atoms with Crippen molar-refractivity contribution in [3.05, 3.63) is 28.4 Å². The molecular formula is C22H33N3O3S. The second kappa shape index (κ2) is 7.76. The average Bonchev–Trinajstić information content (AvgIpc) is 3.18. The lowest BCUT2D eigenvalue weighted by atomic mass is 9.89. The Labute approximate surface area is 177 Å². The molecule has 160 valence electrons. The number of rotatable bonds is 4. The number of fused-ring (bicyclic) bond motifs is 1. The van der Waals surface area contributed by atoms with E-state index in [0.717, 1.165) is 16.4 Å². The van der Waals surface area contributed by atoms with Crippen molar-refractivity contribution in [1.29, 1.82) is 0 Å². The normalized spacial score (nSPS) is 20.1. The molecule has 1 N–H and O–H groups in total. The van der Waals surface area contributed by atoms with Crippen molar-refractivity contribution in [1.82, 2.24) is 9.80 Å². The lowest BCUT2D eigenvalue weighted by molar-refractivity contribution is 0.0746. The van der Waals surface area contributed by atoms with Crippen LogP contribution in [-0.2, 0) is 6.42 Å².